The maximum atomic E-state index is 11.8. The zero-order chi connectivity index (χ0) is 13.7. The van der Waals surface area contributed by atoms with Gasteiger partial charge in [0.25, 0.3) is 0 Å². The van der Waals surface area contributed by atoms with E-state index in [9.17, 15) is 9.59 Å². The Labute approximate surface area is 110 Å². The summed E-state index contributed by atoms with van der Waals surface area (Å²) in [4.78, 5) is 25.0. The first-order valence-electron chi connectivity index (χ1n) is 5.69. The molecule has 18 heavy (non-hydrogen) atoms. The molecule has 0 saturated carbocycles. The Hall–Kier alpha value is -1.56. The number of rotatable bonds is 5. The van der Waals surface area contributed by atoms with Crippen molar-refractivity contribution in [2.45, 2.75) is 19.9 Å². The third kappa shape index (κ3) is 4.03. The van der Waals surface area contributed by atoms with Gasteiger partial charge in [-0.05, 0) is 18.4 Å². The number of carboxylic acids is 1. The summed E-state index contributed by atoms with van der Waals surface area (Å²) in [5, 5.41) is 13.6. The number of nitrogens with zero attached hydrogens (tertiary/aromatic N) is 1. The molecule has 0 aliphatic rings. The van der Waals surface area contributed by atoms with E-state index < -0.39 is 11.9 Å². The zero-order valence-corrected chi connectivity index (χ0v) is 11.5. The lowest BCUT2D eigenvalue weighted by Gasteiger charge is -2.22. The molecule has 0 saturated heterocycles. The van der Waals surface area contributed by atoms with Gasteiger partial charge < -0.3 is 15.3 Å². The summed E-state index contributed by atoms with van der Waals surface area (Å²) in [6.07, 6.45) is 0. The molecule has 2 unspecified atom stereocenters. The number of amides is 2. The topological polar surface area (TPSA) is 69.6 Å². The van der Waals surface area contributed by atoms with E-state index in [1.54, 1.807) is 25.3 Å². The Morgan fingerprint density at radius 1 is 1.50 bits per heavy atom. The van der Waals surface area contributed by atoms with Crippen molar-refractivity contribution in [1.82, 2.24) is 10.2 Å². The highest BCUT2D eigenvalue weighted by atomic mass is 32.1. The van der Waals surface area contributed by atoms with Crippen LogP contribution in [0.1, 0.15) is 24.8 Å². The predicted molar refractivity (Wildman–Crippen MR) is 70.7 cm³/mol. The number of carbonyl (C=O) groups is 2. The van der Waals surface area contributed by atoms with Gasteiger partial charge in [0.2, 0.25) is 0 Å². The van der Waals surface area contributed by atoms with Crippen molar-refractivity contribution < 1.29 is 14.7 Å². The number of carbonyl (C=O) groups excluding carboxylic acids is 1. The molecule has 0 aliphatic carbocycles. The molecular formula is C12H18N2O3S. The number of aliphatic carboxylic acids is 1. The molecule has 2 atom stereocenters. The number of nitrogens with one attached hydrogen (secondary N) is 1. The summed E-state index contributed by atoms with van der Waals surface area (Å²) in [6.45, 7) is 3.67. The highest BCUT2D eigenvalue weighted by Crippen LogP contribution is 2.18. The van der Waals surface area contributed by atoms with Crippen LogP contribution in [0.2, 0.25) is 0 Å². The Bertz CT molecular complexity index is 405. The number of urea groups is 1. The van der Waals surface area contributed by atoms with Crippen LogP contribution in [0.3, 0.4) is 0 Å². The minimum atomic E-state index is -0.902. The van der Waals surface area contributed by atoms with Crippen LogP contribution in [-0.2, 0) is 4.79 Å². The lowest BCUT2D eigenvalue weighted by molar-refractivity contribution is -0.141. The molecule has 5 nitrogen and oxygen atoms in total. The van der Waals surface area contributed by atoms with E-state index in [4.69, 9.17) is 5.11 Å². The SMILES string of the molecule is CC(CN(C)C(=O)NC(C)c1cccs1)C(=O)O. The van der Waals surface area contributed by atoms with Gasteiger partial charge in [0, 0.05) is 18.5 Å². The average molecular weight is 270 g/mol. The van der Waals surface area contributed by atoms with Gasteiger partial charge in [-0.15, -0.1) is 11.3 Å². The van der Waals surface area contributed by atoms with E-state index in [0.29, 0.717) is 0 Å². The van der Waals surface area contributed by atoms with E-state index >= 15 is 0 Å². The van der Waals surface area contributed by atoms with Crippen LogP contribution in [0, 0.1) is 5.92 Å². The maximum absolute atomic E-state index is 11.8. The molecule has 0 fully saturated rings. The van der Waals surface area contributed by atoms with E-state index in [1.165, 1.54) is 4.90 Å². The number of hydrogen-bond acceptors (Lipinski definition) is 3. The molecule has 2 amide bonds. The normalized spacial score (nSPS) is 13.7. The molecule has 1 aromatic rings. The lowest BCUT2D eigenvalue weighted by Crippen LogP contribution is -2.41. The van der Waals surface area contributed by atoms with Crippen molar-refractivity contribution in [3.05, 3.63) is 22.4 Å². The number of thiophene rings is 1. The fraction of sp³-hybridized carbons (Fsp3) is 0.500. The second kappa shape index (κ2) is 6.39. The first-order chi connectivity index (χ1) is 8.41. The van der Waals surface area contributed by atoms with Crippen LogP contribution in [-0.4, -0.2) is 35.6 Å². The molecule has 1 aromatic heterocycles. The second-order valence-corrected chi connectivity index (χ2v) is 5.29. The summed E-state index contributed by atoms with van der Waals surface area (Å²) in [7, 11) is 1.59. The van der Waals surface area contributed by atoms with Gasteiger partial charge in [0.1, 0.15) is 0 Å². The lowest BCUT2D eigenvalue weighted by atomic mass is 10.2. The van der Waals surface area contributed by atoms with E-state index in [2.05, 4.69) is 5.32 Å². The van der Waals surface area contributed by atoms with E-state index in [-0.39, 0.29) is 18.6 Å². The van der Waals surface area contributed by atoms with Gasteiger partial charge >= 0.3 is 12.0 Å². The summed E-state index contributed by atoms with van der Waals surface area (Å²) < 4.78 is 0. The minimum absolute atomic E-state index is 0.0694. The van der Waals surface area contributed by atoms with Gasteiger partial charge in [-0.2, -0.15) is 0 Å². The molecule has 0 radical (unpaired) electrons. The third-order valence-corrected chi connectivity index (χ3v) is 3.68. The van der Waals surface area contributed by atoms with Crippen LogP contribution >= 0.6 is 11.3 Å². The van der Waals surface area contributed by atoms with Crippen molar-refractivity contribution in [2.24, 2.45) is 5.92 Å². The molecular weight excluding hydrogens is 252 g/mol. The van der Waals surface area contributed by atoms with Crippen LogP contribution in [0.4, 0.5) is 4.79 Å². The van der Waals surface area contributed by atoms with Crippen molar-refractivity contribution in [3.63, 3.8) is 0 Å². The van der Waals surface area contributed by atoms with Crippen molar-refractivity contribution >= 4 is 23.3 Å². The molecule has 100 valence electrons. The van der Waals surface area contributed by atoms with Crippen molar-refractivity contribution in [3.8, 4) is 0 Å². The summed E-state index contributed by atoms with van der Waals surface area (Å²) >= 11 is 1.58. The molecule has 2 N–H and O–H groups in total. The Kier molecular flexibility index (Phi) is 5.15. The van der Waals surface area contributed by atoms with Crippen molar-refractivity contribution in [2.75, 3.05) is 13.6 Å². The van der Waals surface area contributed by atoms with Gasteiger partial charge in [0.15, 0.2) is 0 Å². The Morgan fingerprint density at radius 3 is 2.67 bits per heavy atom. The molecule has 0 aliphatic heterocycles. The predicted octanol–water partition coefficient (Wildman–Crippen LogP) is 2.17. The first kappa shape index (κ1) is 14.5. The van der Waals surface area contributed by atoms with E-state index in [1.807, 2.05) is 24.4 Å². The van der Waals surface area contributed by atoms with Gasteiger partial charge in [-0.25, -0.2) is 4.79 Å². The minimum Gasteiger partial charge on any atom is -0.481 e. The highest BCUT2D eigenvalue weighted by Gasteiger charge is 2.19. The number of carboxylic acid groups (broad SMARTS) is 1. The monoisotopic (exact) mass is 270 g/mol. The van der Waals surface area contributed by atoms with Gasteiger partial charge in [-0.1, -0.05) is 13.0 Å². The Balaban J connectivity index is 2.47. The smallest absolute Gasteiger partial charge is 0.317 e. The third-order valence-electron chi connectivity index (χ3n) is 2.63. The summed E-state index contributed by atoms with van der Waals surface area (Å²) in [5.41, 5.74) is 0. The van der Waals surface area contributed by atoms with E-state index in [0.717, 1.165) is 4.88 Å². The van der Waals surface area contributed by atoms with Crippen LogP contribution in [0.25, 0.3) is 0 Å². The maximum Gasteiger partial charge on any atom is 0.317 e. The van der Waals surface area contributed by atoms with Gasteiger partial charge in [0.05, 0.1) is 12.0 Å². The fourth-order valence-electron chi connectivity index (χ4n) is 1.48. The fourth-order valence-corrected chi connectivity index (χ4v) is 2.21. The highest BCUT2D eigenvalue weighted by molar-refractivity contribution is 7.10. The van der Waals surface area contributed by atoms with Crippen LogP contribution in [0.15, 0.2) is 17.5 Å². The first-order valence-corrected chi connectivity index (χ1v) is 6.57. The molecule has 0 bridgehead atoms. The molecule has 1 rings (SSSR count). The standard InChI is InChI=1S/C12H18N2O3S/c1-8(11(15)16)7-14(3)12(17)13-9(2)10-5-4-6-18-10/h4-6,8-9H,7H2,1-3H3,(H,13,17)(H,15,16). The number of hydrogen-bond donors (Lipinski definition) is 2. The largest absolute Gasteiger partial charge is 0.481 e. The van der Waals surface area contributed by atoms with Crippen LogP contribution in [0.5, 0.6) is 0 Å². The Morgan fingerprint density at radius 2 is 2.17 bits per heavy atom. The quantitative estimate of drug-likeness (QED) is 0.861. The van der Waals surface area contributed by atoms with Gasteiger partial charge in [-0.3, -0.25) is 4.79 Å². The second-order valence-electron chi connectivity index (χ2n) is 4.31. The van der Waals surface area contributed by atoms with Crippen LogP contribution < -0.4 is 5.32 Å². The van der Waals surface area contributed by atoms with Crippen molar-refractivity contribution in [1.29, 1.82) is 0 Å². The summed E-state index contributed by atoms with van der Waals surface area (Å²) in [5.74, 6) is -1.47. The molecule has 0 spiro atoms. The molecule has 0 aromatic carbocycles. The molecule has 1 heterocycles. The molecule has 6 heteroatoms. The zero-order valence-electron chi connectivity index (χ0n) is 10.7. The summed E-state index contributed by atoms with van der Waals surface area (Å²) in [6, 6.07) is 3.55. The average Bonchev–Trinajstić information content (AvgIpc) is 2.81.